The van der Waals surface area contributed by atoms with E-state index < -0.39 is 5.97 Å². The number of carboxylic acid groups (broad SMARTS) is 1. The fourth-order valence-corrected chi connectivity index (χ4v) is 1.07. The summed E-state index contributed by atoms with van der Waals surface area (Å²) in [4.78, 5) is 20.8. The highest BCUT2D eigenvalue weighted by Crippen LogP contribution is 2.10. The molecule has 0 amide bonds. The van der Waals surface area contributed by atoms with Gasteiger partial charge in [0.05, 0.1) is 6.42 Å². The lowest BCUT2D eigenvalue weighted by Crippen LogP contribution is -2.03. The van der Waals surface area contributed by atoms with Gasteiger partial charge in [0.15, 0.2) is 0 Å². The van der Waals surface area contributed by atoms with E-state index in [9.17, 15) is 9.59 Å². The molecule has 4 nitrogen and oxygen atoms in total. The predicted octanol–water partition coefficient (Wildman–Crippen LogP) is 1.68. The number of hydrogen-bond acceptors (Lipinski definition) is 3. The van der Waals surface area contributed by atoms with Crippen molar-refractivity contribution in [1.29, 1.82) is 0 Å². The molecule has 0 bridgehead atoms. The number of aliphatic carboxylic acids is 1. The van der Waals surface area contributed by atoms with Crippen molar-refractivity contribution in [3.63, 3.8) is 0 Å². The van der Waals surface area contributed by atoms with Crippen LogP contribution in [0.2, 0.25) is 0 Å². The maximum atomic E-state index is 10.5. The van der Waals surface area contributed by atoms with Crippen LogP contribution in [0.4, 0.5) is 5.69 Å². The minimum absolute atomic E-state index is 0.0790. The number of nitrogens with one attached hydrogen (secondary N) is 1. The third-order valence-corrected chi connectivity index (χ3v) is 1.78. The lowest BCUT2D eigenvalue weighted by molar-refractivity contribution is -0.136. The minimum atomic E-state index is -0.933. The first-order valence-corrected chi connectivity index (χ1v) is 4.50. The van der Waals surface area contributed by atoms with Gasteiger partial charge in [-0.3, -0.25) is 4.79 Å². The quantitative estimate of drug-likeness (QED) is 0.718. The molecule has 0 aliphatic heterocycles. The molecule has 0 heterocycles. The normalized spacial score (nSPS) is 9.07. The second-order valence-corrected chi connectivity index (χ2v) is 2.97. The molecule has 0 aliphatic carbocycles. The van der Waals surface area contributed by atoms with Crippen molar-refractivity contribution < 1.29 is 14.7 Å². The van der Waals surface area contributed by atoms with E-state index in [1.54, 1.807) is 18.1 Å². The van der Waals surface area contributed by atoms with Crippen molar-refractivity contribution in [2.75, 3.05) is 5.32 Å². The second kappa shape index (κ2) is 5.62. The van der Waals surface area contributed by atoms with E-state index in [2.05, 4.69) is 5.32 Å². The van der Waals surface area contributed by atoms with E-state index in [-0.39, 0.29) is 18.5 Å². The third-order valence-electron chi connectivity index (χ3n) is 1.78. The lowest BCUT2D eigenvalue weighted by Gasteiger charge is -2.05. The molecule has 1 aromatic carbocycles. The van der Waals surface area contributed by atoms with Crippen LogP contribution in [0.5, 0.6) is 0 Å². The molecule has 0 fully saturated rings. The van der Waals surface area contributed by atoms with Crippen molar-refractivity contribution in [3.8, 4) is 0 Å². The van der Waals surface area contributed by atoms with Crippen LogP contribution in [-0.2, 0) is 9.59 Å². The zero-order valence-corrected chi connectivity index (χ0v) is 8.06. The van der Waals surface area contributed by atoms with Crippen LogP contribution >= 0.6 is 0 Å². The van der Waals surface area contributed by atoms with Crippen molar-refractivity contribution in [2.24, 2.45) is 0 Å². The highest BCUT2D eigenvalue weighted by Gasteiger charge is 2.03. The van der Waals surface area contributed by atoms with Crippen molar-refractivity contribution in [1.82, 2.24) is 0 Å². The summed E-state index contributed by atoms with van der Waals surface area (Å²) in [6, 6.07) is 9.08. The number of benzene rings is 1. The van der Waals surface area contributed by atoms with E-state index in [4.69, 9.17) is 5.11 Å². The SMILES string of the molecule is O=C=C(CCC(=O)O)Nc1ccccc1. The summed E-state index contributed by atoms with van der Waals surface area (Å²) < 4.78 is 0. The first-order valence-electron chi connectivity index (χ1n) is 4.50. The van der Waals surface area contributed by atoms with E-state index in [1.165, 1.54) is 0 Å². The van der Waals surface area contributed by atoms with Gasteiger partial charge >= 0.3 is 5.97 Å². The van der Waals surface area contributed by atoms with Crippen molar-refractivity contribution in [2.45, 2.75) is 12.8 Å². The van der Waals surface area contributed by atoms with Crippen molar-refractivity contribution >= 4 is 17.6 Å². The van der Waals surface area contributed by atoms with Crippen LogP contribution < -0.4 is 5.32 Å². The largest absolute Gasteiger partial charge is 0.481 e. The first-order chi connectivity index (χ1) is 7.22. The average molecular weight is 205 g/mol. The lowest BCUT2D eigenvalue weighted by atomic mass is 10.2. The molecular formula is C11H11NO3. The minimum Gasteiger partial charge on any atom is -0.481 e. The summed E-state index contributed by atoms with van der Waals surface area (Å²) in [6.45, 7) is 0. The number of carbonyl (C=O) groups is 1. The number of hydrogen-bond donors (Lipinski definition) is 2. The number of carbonyl (C=O) groups excluding carboxylic acids is 1. The average Bonchev–Trinajstić information content (AvgIpc) is 2.25. The summed E-state index contributed by atoms with van der Waals surface area (Å²) in [5.41, 5.74) is 1.00. The smallest absolute Gasteiger partial charge is 0.303 e. The summed E-state index contributed by atoms with van der Waals surface area (Å²) in [6.07, 6.45) is 0.0815. The van der Waals surface area contributed by atoms with Crippen LogP contribution in [0, 0.1) is 0 Å². The molecule has 0 unspecified atom stereocenters. The highest BCUT2D eigenvalue weighted by atomic mass is 16.4. The van der Waals surface area contributed by atoms with E-state index in [0.29, 0.717) is 0 Å². The zero-order chi connectivity index (χ0) is 11.1. The van der Waals surface area contributed by atoms with E-state index in [0.717, 1.165) is 5.69 Å². The summed E-state index contributed by atoms with van der Waals surface area (Å²) in [7, 11) is 0. The third kappa shape index (κ3) is 4.11. The Balaban J connectivity index is 2.56. The highest BCUT2D eigenvalue weighted by molar-refractivity contribution is 5.69. The molecule has 0 atom stereocenters. The van der Waals surface area contributed by atoms with Gasteiger partial charge in [-0.2, -0.15) is 0 Å². The number of anilines is 1. The Morgan fingerprint density at radius 2 is 1.93 bits per heavy atom. The molecule has 0 saturated carbocycles. The van der Waals surface area contributed by atoms with E-state index in [1.807, 2.05) is 18.2 Å². The van der Waals surface area contributed by atoms with Gasteiger partial charge < -0.3 is 10.4 Å². The Bertz CT molecular complexity index is 380. The maximum Gasteiger partial charge on any atom is 0.303 e. The molecule has 1 aromatic rings. The van der Waals surface area contributed by atoms with Crippen LogP contribution in [0.25, 0.3) is 0 Å². The topological polar surface area (TPSA) is 66.4 Å². The molecule has 4 heteroatoms. The van der Waals surface area contributed by atoms with Gasteiger partial charge in [-0.1, -0.05) is 18.2 Å². The molecule has 2 N–H and O–H groups in total. The van der Waals surface area contributed by atoms with Gasteiger partial charge in [-0.15, -0.1) is 0 Å². The van der Waals surface area contributed by atoms with Gasteiger partial charge in [0.1, 0.15) is 11.6 Å². The summed E-state index contributed by atoms with van der Waals surface area (Å²) >= 11 is 0. The first kappa shape index (κ1) is 11.0. The number of rotatable bonds is 5. The fourth-order valence-electron chi connectivity index (χ4n) is 1.07. The molecule has 1 rings (SSSR count). The molecular weight excluding hydrogens is 194 g/mol. The Labute approximate surface area is 87.2 Å². The van der Waals surface area contributed by atoms with E-state index >= 15 is 0 Å². The Hall–Kier alpha value is -2.06. The Morgan fingerprint density at radius 1 is 1.27 bits per heavy atom. The fraction of sp³-hybridized carbons (Fsp3) is 0.182. The van der Waals surface area contributed by atoms with Gasteiger partial charge in [0.25, 0.3) is 0 Å². The molecule has 0 aromatic heterocycles. The van der Waals surface area contributed by atoms with Crippen LogP contribution in [0.15, 0.2) is 36.0 Å². The van der Waals surface area contributed by atoms with Crippen LogP contribution in [-0.4, -0.2) is 17.0 Å². The van der Waals surface area contributed by atoms with Gasteiger partial charge in [-0.05, 0) is 12.1 Å². The molecule has 0 radical (unpaired) electrons. The Morgan fingerprint density at radius 3 is 2.47 bits per heavy atom. The molecule has 0 saturated heterocycles. The number of allylic oxidation sites excluding steroid dienone is 1. The second-order valence-electron chi connectivity index (χ2n) is 2.97. The molecule has 15 heavy (non-hydrogen) atoms. The van der Waals surface area contributed by atoms with Gasteiger partial charge in [0, 0.05) is 12.1 Å². The summed E-state index contributed by atoms with van der Waals surface area (Å²) in [5, 5.41) is 11.3. The molecule has 78 valence electrons. The predicted molar refractivity (Wildman–Crippen MR) is 56.1 cm³/mol. The maximum absolute atomic E-state index is 10.5. The monoisotopic (exact) mass is 205 g/mol. The summed E-state index contributed by atoms with van der Waals surface area (Å²) in [5.74, 6) is 0.765. The van der Waals surface area contributed by atoms with Gasteiger partial charge in [-0.25, -0.2) is 4.79 Å². The standard InChI is InChI=1S/C11H11NO3/c13-8-10(6-7-11(14)15)12-9-4-2-1-3-5-9/h1-5,12H,6-7H2,(H,14,15). The van der Waals surface area contributed by atoms with Crippen LogP contribution in [0.1, 0.15) is 12.8 Å². The Kier molecular flexibility index (Phi) is 4.13. The van der Waals surface area contributed by atoms with Crippen LogP contribution in [0.3, 0.4) is 0 Å². The van der Waals surface area contributed by atoms with Gasteiger partial charge in [0.2, 0.25) is 0 Å². The number of carboxylic acids is 1. The molecule has 0 spiro atoms. The zero-order valence-electron chi connectivity index (χ0n) is 8.06. The molecule has 0 aliphatic rings. The number of para-hydroxylation sites is 1. The van der Waals surface area contributed by atoms with Crippen molar-refractivity contribution in [3.05, 3.63) is 36.0 Å².